The predicted molar refractivity (Wildman–Crippen MR) is 115 cm³/mol. The van der Waals surface area contributed by atoms with Crippen LogP contribution >= 0.6 is 0 Å². The Morgan fingerprint density at radius 2 is 1.90 bits per heavy atom. The van der Waals surface area contributed by atoms with E-state index in [-0.39, 0.29) is 5.91 Å². The zero-order valence-corrected chi connectivity index (χ0v) is 17.5. The van der Waals surface area contributed by atoms with Gasteiger partial charge >= 0.3 is 0 Å². The van der Waals surface area contributed by atoms with Crippen LogP contribution in [0, 0.1) is 0 Å². The lowest BCUT2D eigenvalue weighted by molar-refractivity contribution is 0.0827. The second-order valence-electron chi connectivity index (χ2n) is 6.76. The SMILES string of the molecule is CCNC(=NCc1ccc(C(=O)N(C)C)cc1)NCC(O)c1cccc(OC)c1. The van der Waals surface area contributed by atoms with E-state index < -0.39 is 6.10 Å². The van der Waals surface area contributed by atoms with Crippen LogP contribution in [0.15, 0.2) is 53.5 Å². The minimum atomic E-state index is -0.690. The molecule has 3 N–H and O–H groups in total. The summed E-state index contributed by atoms with van der Waals surface area (Å²) in [6.07, 6.45) is -0.690. The van der Waals surface area contributed by atoms with Gasteiger partial charge in [-0.15, -0.1) is 0 Å². The van der Waals surface area contributed by atoms with Crippen LogP contribution in [0.4, 0.5) is 0 Å². The number of aliphatic hydroxyl groups is 1. The lowest BCUT2D eigenvalue weighted by Gasteiger charge is -2.16. The normalized spacial score (nSPS) is 12.2. The summed E-state index contributed by atoms with van der Waals surface area (Å²) in [5.74, 6) is 1.29. The van der Waals surface area contributed by atoms with Gasteiger partial charge in [-0.25, -0.2) is 4.99 Å². The number of hydrogen-bond acceptors (Lipinski definition) is 4. The zero-order chi connectivity index (χ0) is 21.2. The molecule has 0 aliphatic heterocycles. The molecule has 7 nitrogen and oxygen atoms in total. The number of aliphatic hydroxyl groups excluding tert-OH is 1. The molecule has 0 radical (unpaired) electrons. The molecule has 1 amide bonds. The molecule has 0 aliphatic carbocycles. The number of guanidine groups is 1. The summed E-state index contributed by atoms with van der Waals surface area (Å²) in [6, 6.07) is 14.8. The van der Waals surface area contributed by atoms with Gasteiger partial charge in [0.1, 0.15) is 5.75 Å². The largest absolute Gasteiger partial charge is 0.497 e. The molecule has 1 unspecified atom stereocenters. The highest BCUT2D eigenvalue weighted by Gasteiger charge is 2.10. The minimum Gasteiger partial charge on any atom is -0.497 e. The third-order valence-electron chi connectivity index (χ3n) is 4.31. The molecule has 7 heteroatoms. The molecule has 2 aromatic rings. The lowest BCUT2D eigenvalue weighted by Crippen LogP contribution is -2.39. The van der Waals surface area contributed by atoms with Crippen molar-refractivity contribution in [3.63, 3.8) is 0 Å². The summed E-state index contributed by atoms with van der Waals surface area (Å²) in [5, 5.41) is 16.8. The van der Waals surface area contributed by atoms with E-state index in [9.17, 15) is 9.90 Å². The molecular formula is C22H30N4O3. The zero-order valence-electron chi connectivity index (χ0n) is 17.5. The van der Waals surface area contributed by atoms with E-state index in [1.165, 1.54) is 0 Å². The number of carbonyl (C=O) groups is 1. The Morgan fingerprint density at radius 3 is 2.52 bits per heavy atom. The van der Waals surface area contributed by atoms with Crippen LogP contribution in [0.2, 0.25) is 0 Å². The van der Waals surface area contributed by atoms with Crippen LogP contribution in [-0.2, 0) is 6.54 Å². The van der Waals surface area contributed by atoms with Gasteiger partial charge in [-0.1, -0.05) is 24.3 Å². The number of ether oxygens (including phenoxy) is 1. The monoisotopic (exact) mass is 398 g/mol. The van der Waals surface area contributed by atoms with Crippen LogP contribution in [0.25, 0.3) is 0 Å². The van der Waals surface area contributed by atoms with Gasteiger partial charge in [0.05, 0.1) is 19.8 Å². The van der Waals surface area contributed by atoms with Crippen LogP contribution in [0.3, 0.4) is 0 Å². The molecule has 0 heterocycles. The Balaban J connectivity index is 1.97. The average molecular weight is 399 g/mol. The second-order valence-corrected chi connectivity index (χ2v) is 6.76. The fourth-order valence-electron chi connectivity index (χ4n) is 2.68. The maximum Gasteiger partial charge on any atom is 0.253 e. The molecule has 1 atom stereocenters. The summed E-state index contributed by atoms with van der Waals surface area (Å²) < 4.78 is 5.20. The number of amides is 1. The van der Waals surface area contributed by atoms with E-state index >= 15 is 0 Å². The van der Waals surface area contributed by atoms with Crippen molar-refractivity contribution in [2.24, 2.45) is 4.99 Å². The molecule has 0 aromatic heterocycles. The Kier molecular flexibility index (Phi) is 8.48. The number of methoxy groups -OCH3 is 1. The van der Waals surface area contributed by atoms with E-state index in [1.807, 2.05) is 43.3 Å². The summed E-state index contributed by atoms with van der Waals surface area (Å²) >= 11 is 0. The molecular weight excluding hydrogens is 368 g/mol. The fourth-order valence-corrected chi connectivity index (χ4v) is 2.68. The summed E-state index contributed by atoms with van der Waals surface area (Å²) in [4.78, 5) is 18.1. The van der Waals surface area contributed by atoms with Crippen molar-refractivity contribution in [3.05, 3.63) is 65.2 Å². The Hall–Kier alpha value is -3.06. The van der Waals surface area contributed by atoms with Crippen molar-refractivity contribution in [1.29, 1.82) is 0 Å². The van der Waals surface area contributed by atoms with Gasteiger partial charge in [-0.3, -0.25) is 4.79 Å². The van der Waals surface area contributed by atoms with Crippen LogP contribution in [0.5, 0.6) is 5.75 Å². The van der Waals surface area contributed by atoms with Crippen molar-refractivity contribution in [3.8, 4) is 5.75 Å². The first-order chi connectivity index (χ1) is 13.9. The van der Waals surface area contributed by atoms with Crippen molar-refractivity contribution in [2.45, 2.75) is 19.6 Å². The number of rotatable bonds is 8. The molecule has 29 heavy (non-hydrogen) atoms. The van der Waals surface area contributed by atoms with E-state index in [0.29, 0.717) is 36.9 Å². The van der Waals surface area contributed by atoms with Crippen molar-refractivity contribution in [1.82, 2.24) is 15.5 Å². The molecule has 0 fully saturated rings. The van der Waals surface area contributed by atoms with Gasteiger partial charge in [0, 0.05) is 32.7 Å². The Bertz CT molecular complexity index is 819. The van der Waals surface area contributed by atoms with Crippen LogP contribution < -0.4 is 15.4 Å². The third-order valence-corrected chi connectivity index (χ3v) is 4.31. The van der Waals surface area contributed by atoms with Crippen molar-refractivity contribution < 1.29 is 14.6 Å². The second kappa shape index (κ2) is 11.1. The van der Waals surface area contributed by atoms with E-state index in [4.69, 9.17) is 4.74 Å². The molecule has 2 rings (SSSR count). The summed E-state index contributed by atoms with van der Waals surface area (Å²) in [5.41, 5.74) is 2.41. The Labute approximate surface area is 172 Å². The number of nitrogens with zero attached hydrogens (tertiary/aromatic N) is 2. The van der Waals surface area contributed by atoms with Crippen molar-refractivity contribution >= 4 is 11.9 Å². The maximum atomic E-state index is 12.0. The first-order valence-corrected chi connectivity index (χ1v) is 9.59. The lowest BCUT2D eigenvalue weighted by atomic mass is 10.1. The number of benzene rings is 2. The number of carbonyl (C=O) groups excluding carboxylic acids is 1. The highest BCUT2D eigenvalue weighted by molar-refractivity contribution is 5.93. The van der Waals surface area contributed by atoms with Gasteiger partial charge in [0.2, 0.25) is 0 Å². The number of aliphatic imine (C=N–C) groups is 1. The number of nitrogens with one attached hydrogen (secondary N) is 2. The van der Waals surface area contributed by atoms with E-state index in [0.717, 1.165) is 11.1 Å². The third kappa shape index (κ3) is 6.80. The van der Waals surface area contributed by atoms with Crippen LogP contribution in [0.1, 0.15) is 34.5 Å². The molecule has 0 saturated carbocycles. The highest BCUT2D eigenvalue weighted by Crippen LogP contribution is 2.18. The summed E-state index contributed by atoms with van der Waals surface area (Å²) in [7, 11) is 5.06. The van der Waals surface area contributed by atoms with E-state index in [1.54, 1.807) is 38.2 Å². The fraction of sp³-hybridized carbons (Fsp3) is 0.364. The smallest absolute Gasteiger partial charge is 0.253 e. The maximum absolute atomic E-state index is 12.0. The van der Waals surface area contributed by atoms with Gasteiger partial charge in [0.25, 0.3) is 5.91 Å². The minimum absolute atomic E-state index is 0.0263. The molecule has 0 aliphatic rings. The quantitative estimate of drug-likeness (QED) is 0.469. The first kappa shape index (κ1) is 22.2. The topological polar surface area (TPSA) is 86.2 Å². The number of hydrogen-bond donors (Lipinski definition) is 3. The molecule has 0 bridgehead atoms. The van der Waals surface area contributed by atoms with Crippen LogP contribution in [-0.4, -0.2) is 56.2 Å². The predicted octanol–water partition coefficient (Wildman–Crippen LogP) is 2.19. The van der Waals surface area contributed by atoms with E-state index in [2.05, 4.69) is 15.6 Å². The van der Waals surface area contributed by atoms with Gasteiger partial charge in [0.15, 0.2) is 5.96 Å². The molecule has 156 valence electrons. The highest BCUT2D eigenvalue weighted by atomic mass is 16.5. The first-order valence-electron chi connectivity index (χ1n) is 9.59. The van der Waals surface area contributed by atoms with Crippen molar-refractivity contribution in [2.75, 3.05) is 34.3 Å². The molecule has 2 aromatic carbocycles. The average Bonchev–Trinajstić information content (AvgIpc) is 2.75. The summed E-state index contributed by atoms with van der Waals surface area (Å²) in [6.45, 7) is 3.46. The molecule has 0 spiro atoms. The Morgan fingerprint density at radius 1 is 1.17 bits per heavy atom. The van der Waals surface area contributed by atoms with Gasteiger partial charge in [-0.2, -0.15) is 0 Å². The standard InChI is InChI=1S/C22H30N4O3/c1-5-23-22(25-15-20(27)18-7-6-8-19(13-18)29-4)24-14-16-9-11-17(12-10-16)21(28)26(2)3/h6-13,20,27H,5,14-15H2,1-4H3,(H2,23,24,25). The molecule has 0 saturated heterocycles. The van der Waals surface area contributed by atoms with Gasteiger partial charge in [-0.05, 0) is 42.3 Å². The van der Waals surface area contributed by atoms with Gasteiger partial charge < -0.3 is 25.4 Å².